The molecule has 64 heavy (non-hydrogen) atoms. The van der Waals surface area contributed by atoms with Gasteiger partial charge in [0.2, 0.25) is 0 Å². The number of methoxy groups -OCH3 is 2. The van der Waals surface area contributed by atoms with Crippen LogP contribution >= 0.6 is 0 Å². The molecule has 2 nitrogen and oxygen atoms in total. The van der Waals surface area contributed by atoms with Crippen LogP contribution in [0, 0.1) is 0 Å². The van der Waals surface area contributed by atoms with Gasteiger partial charge in [0.25, 0.3) is 0 Å². The summed E-state index contributed by atoms with van der Waals surface area (Å²) in [5.74, 6) is 1.62. The predicted octanol–water partition coefficient (Wildman–Crippen LogP) is 16.8. The highest BCUT2D eigenvalue weighted by Gasteiger charge is 2.22. The monoisotopic (exact) mass is 820 g/mol. The lowest BCUT2D eigenvalue weighted by Gasteiger charge is -2.22. The maximum atomic E-state index is 6.09. The molecule has 0 spiro atoms. The summed E-state index contributed by atoms with van der Waals surface area (Å²) in [6, 6.07) is 83.1. The SMILES string of the molecule is COc1ccccc1-c1cc(-c2ccc(-c3c4ccccc4c(-c4ccc5ccccc5c4)c4ccccc34)cc2)cc(-c2ccccc2OC)c1-c1cccc(-c2ccccc2)c1. The molecule has 0 amide bonds. The molecule has 11 aromatic rings. The number of benzene rings is 11. The van der Waals surface area contributed by atoms with Crippen LogP contribution in [0.5, 0.6) is 11.5 Å². The fourth-order valence-corrected chi connectivity index (χ4v) is 9.69. The van der Waals surface area contributed by atoms with Crippen molar-refractivity contribution in [1.82, 2.24) is 0 Å². The summed E-state index contributed by atoms with van der Waals surface area (Å²) in [4.78, 5) is 0. The van der Waals surface area contributed by atoms with E-state index in [4.69, 9.17) is 9.47 Å². The summed E-state index contributed by atoms with van der Waals surface area (Å²) >= 11 is 0. The minimum Gasteiger partial charge on any atom is -0.496 e. The van der Waals surface area contributed by atoms with Crippen molar-refractivity contribution in [3.05, 3.63) is 231 Å². The molecule has 0 saturated carbocycles. The highest BCUT2D eigenvalue weighted by Crippen LogP contribution is 2.49. The molecule has 0 aromatic heterocycles. The van der Waals surface area contributed by atoms with E-state index in [1.54, 1.807) is 14.2 Å². The molecule has 2 heteroatoms. The molecule has 11 rings (SSSR count). The zero-order valence-electron chi connectivity index (χ0n) is 35.8. The summed E-state index contributed by atoms with van der Waals surface area (Å²) in [5, 5.41) is 7.43. The Kier molecular flexibility index (Phi) is 10.0. The summed E-state index contributed by atoms with van der Waals surface area (Å²) in [6.45, 7) is 0. The Morgan fingerprint density at radius 3 is 1.25 bits per heavy atom. The fraction of sp³-hybridized carbons (Fsp3) is 0.0323. The first-order valence-corrected chi connectivity index (χ1v) is 21.8. The second kappa shape index (κ2) is 16.6. The van der Waals surface area contributed by atoms with E-state index in [1.165, 1.54) is 60.1 Å². The van der Waals surface area contributed by atoms with Crippen molar-refractivity contribution >= 4 is 32.3 Å². The Morgan fingerprint density at radius 1 is 0.234 bits per heavy atom. The highest BCUT2D eigenvalue weighted by molar-refractivity contribution is 6.21. The Labute approximate surface area is 374 Å². The molecule has 0 radical (unpaired) electrons. The van der Waals surface area contributed by atoms with Gasteiger partial charge >= 0.3 is 0 Å². The quantitative estimate of drug-likeness (QED) is 0.135. The second-order valence-electron chi connectivity index (χ2n) is 16.3. The van der Waals surface area contributed by atoms with Gasteiger partial charge in [0, 0.05) is 11.1 Å². The van der Waals surface area contributed by atoms with E-state index >= 15 is 0 Å². The lowest BCUT2D eigenvalue weighted by atomic mass is 9.83. The zero-order chi connectivity index (χ0) is 43.0. The van der Waals surface area contributed by atoms with E-state index in [0.29, 0.717) is 0 Å². The van der Waals surface area contributed by atoms with Crippen molar-refractivity contribution in [3.8, 4) is 89.4 Å². The van der Waals surface area contributed by atoms with Gasteiger partial charge in [0.15, 0.2) is 0 Å². The topological polar surface area (TPSA) is 18.5 Å². The minimum atomic E-state index is 0.812. The number of rotatable bonds is 9. The molecule has 0 aliphatic heterocycles. The summed E-state index contributed by atoms with van der Waals surface area (Å²) in [6.07, 6.45) is 0. The molecule has 0 saturated heterocycles. The third-order valence-corrected chi connectivity index (χ3v) is 12.7. The van der Waals surface area contributed by atoms with E-state index in [-0.39, 0.29) is 0 Å². The first kappa shape index (κ1) is 38.7. The first-order chi connectivity index (χ1) is 31.7. The molecule has 0 aliphatic rings. The van der Waals surface area contributed by atoms with Crippen LogP contribution in [-0.4, -0.2) is 14.2 Å². The van der Waals surface area contributed by atoms with Crippen molar-refractivity contribution in [2.45, 2.75) is 0 Å². The second-order valence-corrected chi connectivity index (χ2v) is 16.3. The van der Waals surface area contributed by atoms with E-state index in [2.05, 4.69) is 206 Å². The van der Waals surface area contributed by atoms with E-state index in [9.17, 15) is 0 Å². The van der Waals surface area contributed by atoms with Crippen LogP contribution in [0.3, 0.4) is 0 Å². The van der Waals surface area contributed by atoms with E-state index in [0.717, 1.165) is 61.6 Å². The Hall–Kier alpha value is -8.20. The van der Waals surface area contributed by atoms with Crippen LogP contribution in [-0.2, 0) is 0 Å². The third kappa shape index (κ3) is 6.87. The van der Waals surface area contributed by atoms with Crippen LogP contribution in [0.4, 0.5) is 0 Å². The molecule has 0 N–H and O–H groups in total. The van der Waals surface area contributed by atoms with E-state index < -0.39 is 0 Å². The molecule has 0 aliphatic carbocycles. The smallest absolute Gasteiger partial charge is 0.126 e. The summed E-state index contributed by atoms with van der Waals surface area (Å²) in [5.41, 5.74) is 15.8. The number of fused-ring (bicyclic) bond motifs is 3. The van der Waals surface area contributed by atoms with E-state index in [1.807, 2.05) is 24.3 Å². The number of ether oxygens (including phenoxy) is 2. The number of para-hydroxylation sites is 2. The zero-order valence-corrected chi connectivity index (χ0v) is 35.8. The summed E-state index contributed by atoms with van der Waals surface area (Å²) in [7, 11) is 3.50. The first-order valence-electron chi connectivity index (χ1n) is 21.8. The van der Waals surface area contributed by atoms with Crippen LogP contribution in [0.15, 0.2) is 231 Å². The lowest BCUT2D eigenvalue weighted by Crippen LogP contribution is -1.97. The van der Waals surface area contributed by atoms with Gasteiger partial charge in [-0.3, -0.25) is 0 Å². The molecule has 11 aromatic carbocycles. The van der Waals surface area contributed by atoms with Gasteiger partial charge in [-0.05, 0) is 135 Å². The molecule has 0 atom stereocenters. The van der Waals surface area contributed by atoms with Gasteiger partial charge in [0.1, 0.15) is 11.5 Å². The molecule has 0 bridgehead atoms. The van der Waals surface area contributed by atoms with Crippen LogP contribution in [0.2, 0.25) is 0 Å². The van der Waals surface area contributed by atoms with Crippen LogP contribution < -0.4 is 9.47 Å². The highest BCUT2D eigenvalue weighted by atomic mass is 16.5. The minimum absolute atomic E-state index is 0.812. The van der Waals surface area contributed by atoms with Crippen molar-refractivity contribution in [3.63, 3.8) is 0 Å². The molecular weight excluding hydrogens is 777 g/mol. The van der Waals surface area contributed by atoms with Crippen molar-refractivity contribution in [1.29, 1.82) is 0 Å². The third-order valence-electron chi connectivity index (χ3n) is 12.7. The van der Waals surface area contributed by atoms with Crippen LogP contribution in [0.1, 0.15) is 0 Å². The molecule has 0 heterocycles. The van der Waals surface area contributed by atoms with Crippen molar-refractivity contribution in [2.24, 2.45) is 0 Å². The van der Waals surface area contributed by atoms with Gasteiger partial charge in [-0.2, -0.15) is 0 Å². The fourth-order valence-electron chi connectivity index (χ4n) is 9.69. The van der Waals surface area contributed by atoms with Gasteiger partial charge in [-0.1, -0.05) is 194 Å². The van der Waals surface area contributed by atoms with Gasteiger partial charge in [0.05, 0.1) is 14.2 Å². The lowest BCUT2D eigenvalue weighted by molar-refractivity contribution is 0.416. The standard InChI is InChI=1S/C62H44O2/c1-63-58-29-14-12-23-50(58)56-39-49(40-57(51-24-13-15-30-59(51)64-2)62(56)47-22-16-21-46(37-47)41-17-4-3-5-18-41)43-31-34-44(35-32-43)60-52-25-8-10-27-54(52)61(55-28-11-9-26-53(55)60)48-36-33-42-19-6-7-20-45(42)38-48/h3-40H,1-2H3. The van der Waals surface area contributed by atoms with Crippen molar-refractivity contribution < 1.29 is 9.47 Å². The Bertz CT molecular complexity index is 3390. The van der Waals surface area contributed by atoms with Gasteiger partial charge in [-0.25, -0.2) is 0 Å². The largest absolute Gasteiger partial charge is 0.496 e. The molecule has 304 valence electrons. The van der Waals surface area contributed by atoms with Crippen molar-refractivity contribution in [2.75, 3.05) is 14.2 Å². The predicted molar refractivity (Wildman–Crippen MR) is 270 cm³/mol. The average Bonchev–Trinajstić information content (AvgIpc) is 3.37. The normalized spacial score (nSPS) is 11.3. The molecule has 0 fully saturated rings. The molecule has 0 unspecified atom stereocenters. The Morgan fingerprint density at radius 2 is 0.656 bits per heavy atom. The maximum absolute atomic E-state index is 6.09. The average molecular weight is 821 g/mol. The summed E-state index contributed by atoms with van der Waals surface area (Å²) < 4.78 is 12.2. The Balaban J connectivity index is 1.12. The van der Waals surface area contributed by atoms with Gasteiger partial charge < -0.3 is 9.47 Å². The maximum Gasteiger partial charge on any atom is 0.126 e. The molecular formula is C62H44O2. The van der Waals surface area contributed by atoms with Crippen LogP contribution in [0.25, 0.3) is 110 Å². The number of hydrogen-bond donors (Lipinski definition) is 0. The van der Waals surface area contributed by atoms with Gasteiger partial charge in [-0.15, -0.1) is 0 Å². The number of hydrogen-bond acceptors (Lipinski definition) is 2.